The predicted octanol–water partition coefficient (Wildman–Crippen LogP) is 5.44. The van der Waals surface area contributed by atoms with E-state index in [0.717, 1.165) is 23.4 Å². The Bertz CT molecular complexity index is 1710. The van der Waals surface area contributed by atoms with Gasteiger partial charge in [-0.05, 0) is 62.4 Å². The maximum atomic E-state index is 13.5. The van der Waals surface area contributed by atoms with Gasteiger partial charge in [-0.15, -0.1) is 0 Å². The molecule has 2 aliphatic rings. The molecule has 6 rings (SSSR count). The van der Waals surface area contributed by atoms with Crippen molar-refractivity contribution >= 4 is 28.5 Å². The Balaban J connectivity index is 0.00000103. The van der Waals surface area contributed by atoms with Gasteiger partial charge in [0.05, 0.1) is 35.8 Å². The molecule has 1 unspecified atom stereocenters. The van der Waals surface area contributed by atoms with Crippen LogP contribution in [0.2, 0.25) is 5.15 Å². The molecule has 9 nitrogen and oxygen atoms in total. The number of aryl methyl sites for hydroxylation is 1. The molecule has 2 fully saturated rings. The summed E-state index contributed by atoms with van der Waals surface area (Å²) in [6.45, 7) is 2.84. The van der Waals surface area contributed by atoms with Crippen LogP contribution >= 0.6 is 11.6 Å². The molecule has 0 bridgehead atoms. The van der Waals surface area contributed by atoms with Crippen LogP contribution in [0.4, 0.5) is 13.2 Å². The number of rotatable bonds is 7. The van der Waals surface area contributed by atoms with E-state index in [1.165, 1.54) is 10.9 Å². The van der Waals surface area contributed by atoms with Gasteiger partial charge in [-0.2, -0.15) is 13.2 Å². The first-order chi connectivity index (χ1) is 22.3. The summed E-state index contributed by atoms with van der Waals surface area (Å²) < 4.78 is 38.2. The highest BCUT2D eigenvalue weighted by Crippen LogP contribution is 2.29. The molecule has 1 atom stereocenters. The van der Waals surface area contributed by atoms with E-state index in [0.29, 0.717) is 61.6 Å². The molecule has 1 amide bonds. The maximum absolute atomic E-state index is 13.5. The summed E-state index contributed by atoms with van der Waals surface area (Å²) in [5, 5.41) is 15.7. The minimum atomic E-state index is -3.67. The van der Waals surface area contributed by atoms with Gasteiger partial charge in [0.15, 0.2) is 5.65 Å². The molecule has 4 aromatic rings. The van der Waals surface area contributed by atoms with E-state index in [1.807, 2.05) is 59.5 Å². The molecule has 47 heavy (non-hydrogen) atoms. The van der Waals surface area contributed by atoms with Crippen LogP contribution in [0.15, 0.2) is 71.8 Å². The molecule has 4 heterocycles. The highest BCUT2D eigenvalue weighted by atomic mass is 35.5. The van der Waals surface area contributed by atoms with Gasteiger partial charge < -0.3 is 20.1 Å². The molecule has 13 heteroatoms. The fourth-order valence-electron chi connectivity index (χ4n) is 6.00. The minimum Gasteiger partial charge on any atom is -0.388 e. The lowest BCUT2D eigenvalue weighted by Crippen LogP contribution is -2.49. The average molecular weight is 674 g/mol. The Labute approximate surface area is 275 Å². The predicted molar refractivity (Wildman–Crippen MR) is 174 cm³/mol. The van der Waals surface area contributed by atoms with Gasteiger partial charge in [0.1, 0.15) is 11.5 Å². The van der Waals surface area contributed by atoms with Crippen LogP contribution in [0, 0.1) is 0 Å². The second-order valence-electron chi connectivity index (χ2n) is 12.7. The number of aliphatic hydroxyl groups is 1. The van der Waals surface area contributed by atoms with E-state index in [1.54, 1.807) is 10.6 Å². The molecule has 0 radical (unpaired) electrons. The summed E-state index contributed by atoms with van der Waals surface area (Å²) in [7, 11) is 0. The molecule has 2 aliphatic heterocycles. The second kappa shape index (κ2) is 14.6. The number of amides is 1. The molecule has 0 spiro atoms. The van der Waals surface area contributed by atoms with Crippen molar-refractivity contribution in [3.8, 4) is 5.69 Å². The summed E-state index contributed by atoms with van der Waals surface area (Å²) in [5.41, 5.74) is 1.96. The van der Waals surface area contributed by atoms with E-state index in [9.17, 15) is 27.9 Å². The Hall–Kier alpha value is -3.71. The molecule has 0 aliphatic carbocycles. The minimum absolute atomic E-state index is 0.0856. The third-order valence-corrected chi connectivity index (χ3v) is 8.97. The number of fused-ring (bicyclic) bond motifs is 1. The monoisotopic (exact) mass is 673 g/mol. The number of hydrogen-bond donors (Lipinski definition) is 2. The summed E-state index contributed by atoms with van der Waals surface area (Å²) in [6, 6.07) is 19.7. The quantitative estimate of drug-likeness (QED) is 0.271. The van der Waals surface area contributed by atoms with Gasteiger partial charge in [0.2, 0.25) is 5.91 Å². The van der Waals surface area contributed by atoms with Crippen molar-refractivity contribution in [3.63, 3.8) is 0 Å². The molecule has 2 N–H and O–H groups in total. The SMILES string of the molecule is CC1(C)CNC(c2ccc(-n3c(Cl)cc4c(=O)n(CC5(O)CCN(C(=O)CCc6ccccc6)CC5)cnc43)cc2)CO1.FC(F)F. The lowest BCUT2D eigenvalue weighted by Gasteiger charge is -2.38. The van der Waals surface area contributed by atoms with Crippen LogP contribution in [0.5, 0.6) is 0 Å². The Morgan fingerprint density at radius 2 is 1.77 bits per heavy atom. The van der Waals surface area contributed by atoms with Gasteiger partial charge >= 0.3 is 6.68 Å². The Kier molecular flexibility index (Phi) is 10.7. The molecule has 2 aromatic heterocycles. The van der Waals surface area contributed by atoms with Crippen molar-refractivity contribution in [2.24, 2.45) is 0 Å². The van der Waals surface area contributed by atoms with Crippen LogP contribution in [-0.2, 0) is 22.5 Å². The highest BCUT2D eigenvalue weighted by Gasteiger charge is 2.35. The number of ether oxygens (including phenoxy) is 1. The second-order valence-corrected chi connectivity index (χ2v) is 13.0. The van der Waals surface area contributed by atoms with Crippen molar-refractivity contribution in [2.75, 3.05) is 26.2 Å². The number of morpholine rings is 1. The standard InChI is InChI=1S/C33H38ClN5O4.CHF3/c1-32(2)20-35-27(19-43-32)24-9-11-25(12-10-24)39-28(34)18-26-30(39)36-22-38(31(26)41)21-33(42)14-16-37(17-15-33)29(40)13-8-23-6-4-3-5-7-23;2-1(3)4/h3-7,9-12,18,22,27,35,42H,8,13-17,19-21H2,1-2H3;1H. The summed E-state index contributed by atoms with van der Waals surface area (Å²) >= 11 is 6.63. The van der Waals surface area contributed by atoms with E-state index < -0.39 is 12.3 Å². The zero-order chi connectivity index (χ0) is 33.8. The maximum Gasteiger partial charge on any atom is 0.379 e. The number of halogens is 4. The number of piperidine rings is 1. The third kappa shape index (κ3) is 8.61. The van der Waals surface area contributed by atoms with Crippen molar-refractivity contribution < 1.29 is 27.8 Å². The number of nitrogens with zero attached hydrogens (tertiary/aromatic N) is 4. The molecular formula is C34H39ClF3N5O4. The summed E-state index contributed by atoms with van der Waals surface area (Å²) in [6.07, 6.45) is 3.39. The van der Waals surface area contributed by atoms with E-state index >= 15 is 0 Å². The van der Waals surface area contributed by atoms with Crippen LogP contribution in [0.1, 0.15) is 50.3 Å². The molecule has 0 saturated carbocycles. The van der Waals surface area contributed by atoms with Crippen molar-refractivity contribution in [1.29, 1.82) is 0 Å². The highest BCUT2D eigenvalue weighted by molar-refractivity contribution is 6.31. The first-order valence-electron chi connectivity index (χ1n) is 15.5. The van der Waals surface area contributed by atoms with E-state index in [4.69, 9.17) is 16.3 Å². The van der Waals surface area contributed by atoms with Gasteiger partial charge in [-0.25, -0.2) is 4.98 Å². The number of nitrogens with one attached hydrogen (secondary N) is 1. The lowest BCUT2D eigenvalue weighted by atomic mass is 9.91. The fourth-order valence-corrected chi connectivity index (χ4v) is 6.29. The van der Waals surface area contributed by atoms with Crippen molar-refractivity contribution in [1.82, 2.24) is 24.3 Å². The number of aromatic nitrogens is 3. The summed E-state index contributed by atoms with van der Waals surface area (Å²) in [5.74, 6) is 0.0856. The topological polar surface area (TPSA) is 102 Å². The largest absolute Gasteiger partial charge is 0.388 e. The van der Waals surface area contributed by atoms with Crippen LogP contribution < -0.4 is 10.9 Å². The van der Waals surface area contributed by atoms with Gasteiger partial charge in [-0.3, -0.25) is 18.7 Å². The Morgan fingerprint density at radius 1 is 1.11 bits per heavy atom. The first kappa shape index (κ1) is 34.6. The number of carbonyl (C=O) groups is 1. The first-order valence-corrected chi connectivity index (χ1v) is 15.9. The molecule has 2 aromatic carbocycles. The normalized spacial score (nSPS) is 19.0. The van der Waals surface area contributed by atoms with Gasteiger partial charge in [0.25, 0.3) is 5.56 Å². The van der Waals surface area contributed by atoms with Crippen LogP contribution in [-0.4, -0.2) is 74.2 Å². The smallest absolute Gasteiger partial charge is 0.379 e. The van der Waals surface area contributed by atoms with E-state index in [-0.39, 0.29) is 29.7 Å². The molecular weight excluding hydrogens is 635 g/mol. The zero-order valence-electron chi connectivity index (χ0n) is 26.3. The zero-order valence-corrected chi connectivity index (χ0v) is 27.1. The van der Waals surface area contributed by atoms with E-state index in [2.05, 4.69) is 24.1 Å². The number of likely N-dealkylation sites (tertiary alicyclic amines) is 1. The Morgan fingerprint density at radius 3 is 2.38 bits per heavy atom. The lowest BCUT2D eigenvalue weighted by molar-refractivity contribution is -0.135. The number of alkyl halides is 3. The van der Waals surface area contributed by atoms with Crippen LogP contribution in [0.3, 0.4) is 0 Å². The third-order valence-electron chi connectivity index (χ3n) is 8.69. The van der Waals surface area contributed by atoms with Gasteiger partial charge in [-0.1, -0.05) is 54.1 Å². The number of hydrogen-bond acceptors (Lipinski definition) is 6. The van der Waals surface area contributed by atoms with Crippen molar-refractivity contribution in [3.05, 3.63) is 93.6 Å². The van der Waals surface area contributed by atoms with Crippen LogP contribution in [0.25, 0.3) is 16.7 Å². The molecule has 252 valence electrons. The number of carbonyl (C=O) groups excluding carboxylic acids is 1. The van der Waals surface area contributed by atoms with Gasteiger partial charge in [0, 0.05) is 31.7 Å². The average Bonchev–Trinajstić information content (AvgIpc) is 3.38. The molecule has 2 saturated heterocycles. The summed E-state index contributed by atoms with van der Waals surface area (Å²) in [4.78, 5) is 32.7. The number of benzene rings is 2. The fraction of sp³-hybridized carbons (Fsp3) is 0.441. The van der Waals surface area contributed by atoms with Crippen molar-refractivity contribution in [2.45, 2.75) is 70.0 Å².